The highest BCUT2D eigenvalue weighted by molar-refractivity contribution is 4.82. The number of hydrogen-bond donors (Lipinski definition) is 2. The quantitative estimate of drug-likeness (QED) is 0.389. The highest BCUT2D eigenvalue weighted by Gasteiger charge is 1.98. The molecule has 0 spiro atoms. The lowest BCUT2D eigenvalue weighted by molar-refractivity contribution is 0.236. The van der Waals surface area contributed by atoms with E-state index < -0.39 is 0 Å². The second-order valence-corrected chi connectivity index (χ2v) is 6.19. The molecule has 0 aliphatic rings. The maximum absolute atomic E-state index is 8.90. The minimum absolute atomic E-state index is 0.238. The first-order valence-electron chi connectivity index (χ1n) is 9.47. The van der Waals surface area contributed by atoms with Gasteiger partial charge in [0, 0.05) is 26.3 Å². The van der Waals surface area contributed by atoms with Crippen LogP contribution in [0.15, 0.2) is 12.3 Å². The van der Waals surface area contributed by atoms with Crippen molar-refractivity contribution in [2.24, 2.45) is 0 Å². The van der Waals surface area contributed by atoms with Gasteiger partial charge in [-0.3, -0.25) is 0 Å². The lowest BCUT2D eigenvalue weighted by Crippen LogP contribution is -2.21. The van der Waals surface area contributed by atoms with Crippen molar-refractivity contribution >= 4 is 0 Å². The van der Waals surface area contributed by atoms with Crippen LogP contribution in [-0.4, -0.2) is 41.4 Å². The van der Waals surface area contributed by atoms with Crippen molar-refractivity contribution < 1.29 is 10.2 Å². The Hall–Kier alpha value is -0.540. The van der Waals surface area contributed by atoms with Gasteiger partial charge < -0.3 is 15.1 Å². The maximum Gasteiger partial charge on any atom is 0.0447 e. The van der Waals surface area contributed by atoms with Crippen molar-refractivity contribution in [3.8, 4) is 0 Å². The molecule has 0 unspecified atom stereocenters. The van der Waals surface area contributed by atoms with E-state index in [4.69, 9.17) is 10.2 Å². The fraction of sp³-hybridized carbons (Fsp3) is 0.895. The topological polar surface area (TPSA) is 43.7 Å². The number of hydrogen-bond acceptors (Lipinski definition) is 3. The van der Waals surface area contributed by atoms with Crippen molar-refractivity contribution in [1.82, 2.24) is 4.90 Å². The molecule has 132 valence electrons. The van der Waals surface area contributed by atoms with Crippen LogP contribution in [0.3, 0.4) is 0 Å². The van der Waals surface area contributed by atoms with Crippen LogP contribution in [0.25, 0.3) is 0 Å². The van der Waals surface area contributed by atoms with Crippen LogP contribution in [0.5, 0.6) is 0 Å². The predicted octanol–water partition coefficient (Wildman–Crippen LogP) is 4.49. The lowest BCUT2D eigenvalue weighted by atomic mass is 10.1. The molecular weight excluding hydrogens is 274 g/mol. The van der Waals surface area contributed by atoms with Crippen LogP contribution in [0.4, 0.5) is 0 Å². The van der Waals surface area contributed by atoms with Gasteiger partial charge in [-0.15, -0.1) is 0 Å². The zero-order valence-corrected chi connectivity index (χ0v) is 14.8. The van der Waals surface area contributed by atoms with Gasteiger partial charge in [-0.25, -0.2) is 0 Å². The van der Waals surface area contributed by atoms with E-state index in [-0.39, 0.29) is 13.2 Å². The van der Waals surface area contributed by atoms with E-state index in [1.165, 1.54) is 57.8 Å². The van der Waals surface area contributed by atoms with E-state index in [0.29, 0.717) is 0 Å². The van der Waals surface area contributed by atoms with Crippen LogP contribution in [0, 0.1) is 0 Å². The largest absolute Gasteiger partial charge is 0.396 e. The van der Waals surface area contributed by atoms with Gasteiger partial charge in [-0.05, 0) is 31.9 Å². The van der Waals surface area contributed by atoms with E-state index in [1.807, 2.05) is 0 Å². The van der Waals surface area contributed by atoms with Gasteiger partial charge in [-0.2, -0.15) is 0 Å². The van der Waals surface area contributed by atoms with Gasteiger partial charge in [0.25, 0.3) is 0 Å². The van der Waals surface area contributed by atoms with Gasteiger partial charge in [0.05, 0.1) is 0 Å². The second kappa shape index (κ2) is 18.5. The van der Waals surface area contributed by atoms with Crippen LogP contribution >= 0.6 is 0 Å². The molecule has 0 aromatic rings. The highest BCUT2D eigenvalue weighted by atomic mass is 16.3. The Morgan fingerprint density at radius 2 is 1.18 bits per heavy atom. The van der Waals surface area contributed by atoms with Gasteiger partial charge in [0.15, 0.2) is 0 Å². The summed E-state index contributed by atoms with van der Waals surface area (Å²) < 4.78 is 0. The Bertz CT molecular complexity index is 223. The monoisotopic (exact) mass is 313 g/mol. The normalized spacial score (nSPS) is 11.4. The van der Waals surface area contributed by atoms with Gasteiger partial charge in [0.1, 0.15) is 0 Å². The first-order valence-corrected chi connectivity index (χ1v) is 9.47. The summed E-state index contributed by atoms with van der Waals surface area (Å²) in [6.45, 7) is 4.50. The van der Waals surface area contributed by atoms with Crippen LogP contribution in [0.2, 0.25) is 0 Å². The SMILES string of the molecule is CCCCCCCCCCCC=CN(CCCO)CCCO. The molecule has 0 aromatic heterocycles. The maximum atomic E-state index is 8.90. The lowest BCUT2D eigenvalue weighted by Gasteiger charge is -2.19. The van der Waals surface area contributed by atoms with Crippen molar-refractivity contribution in [2.75, 3.05) is 26.3 Å². The van der Waals surface area contributed by atoms with E-state index >= 15 is 0 Å². The molecular formula is C19H39NO2. The second-order valence-electron chi connectivity index (χ2n) is 6.19. The molecule has 0 aliphatic heterocycles. The van der Waals surface area contributed by atoms with Crippen molar-refractivity contribution in [2.45, 2.75) is 84.0 Å². The smallest absolute Gasteiger partial charge is 0.0447 e. The average Bonchev–Trinajstić information content (AvgIpc) is 2.54. The number of allylic oxidation sites excluding steroid dienone is 1. The van der Waals surface area contributed by atoms with Crippen LogP contribution in [-0.2, 0) is 0 Å². The summed E-state index contributed by atoms with van der Waals surface area (Å²) in [5, 5.41) is 17.8. The first kappa shape index (κ1) is 21.5. The number of unbranched alkanes of at least 4 members (excludes halogenated alkanes) is 9. The van der Waals surface area contributed by atoms with E-state index in [0.717, 1.165) is 32.4 Å². The summed E-state index contributed by atoms with van der Waals surface area (Å²) in [4.78, 5) is 2.21. The van der Waals surface area contributed by atoms with Crippen molar-refractivity contribution in [3.63, 3.8) is 0 Å². The Morgan fingerprint density at radius 1 is 0.682 bits per heavy atom. The molecule has 22 heavy (non-hydrogen) atoms. The number of nitrogens with zero attached hydrogens (tertiary/aromatic N) is 1. The molecule has 0 atom stereocenters. The fourth-order valence-electron chi connectivity index (χ4n) is 2.60. The molecule has 0 rings (SSSR count). The van der Waals surface area contributed by atoms with Crippen molar-refractivity contribution in [3.05, 3.63) is 12.3 Å². The molecule has 0 bridgehead atoms. The standard InChI is InChI=1S/C19H39NO2/c1-2-3-4-5-6-7-8-9-10-11-12-15-20(16-13-18-21)17-14-19-22/h12,15,21-22H,2-11,13-14,16-19H2,1H3. The third-order valence-electron chi connectivity index (χ3n) is 4.00. The molecule has 0 aliphatic carbocycles. The molecule has 0 aromatic carbocycles. The molecule has 0 heterocycles. The molecule has 0 radical (unpaired) electrons. The average molecular weight is 314 g/mol. The summed E-state index contributed by atoms with van der Waals surface area (Å²) >= 11 is 0. The number of aliphatic hydroxyl groups is 2. The van der Waals surface area contributed by atoms with E-state index in [1.54, 1.807) is 0 Å². The van der Waals surface area contributed by atoms with E-state index in [9.17, 15) is 0 Å². The zero-order valence-electron chi connectivity index (χ0n) is 14.8. The fourth-order valence-corrected chi connectivity index (χ4v) is 2.60. The van der Waals surface area contributed by atoms with Crippen LogP contribution < -0.4 is 0 Å². The first-order chi connectivity index (χ1) is 10.8. The van der Waals surface area contributed by atoms with Gasteiger partial charge >= 0.3 is 0 Å². The van der Waals surface area contributed by atoms with Crippen LogP contribution in [0.1, 0.15) is 84.0 Å². The van der Waals surface area contributed by atoms with Crippen molar-refractivity contribution in [1.29, 1.82) is 0 Å². The molecule has 2 N–H and O–H groups in total. The third kappa shape index (κ3) is 15.8. The summed E-state index contributed by atoms with van der Waals surface area (Å²) in [7, 11) is 0. The summed E-state index contributed by atoms with van der Waals surface area (Å²) in [5.41, 5.74) is 0. The Balaban J connectivity index is 3.48. The van der Waals surface area contributed by atoms with E-state index in [2.05, 4.69) is 24.1 Å². The summed E-state index contributed by atoms with van der Waals surface area (Å²) in [5.74, 6) is 0. The Kier molecular flexibility index (Phi) is 18.1. The zero-order chi connectivity index (χ0) is 16.3. The molecule has 0 fully saturated rings. The molecule has 3 nitrogen and oxygen atoms in total. The number of aliphatic hydroxyl groups excluding tert-OH is 2. The Labute approximate surface area is 138 Å². The number of rotatable bonds is 17. The minimum atomic E-state index is 0.238. The Morgan fingerprint density at radius 3 is 1.68 bits per heavy atom. The molecule has 3 heteroatoms. The molecule has 0 amide bonds. The minimum Gasteiger partial charge on any atom is -0.396 e. The highest BCUT2D eigenvalue weighted by Crippen LogP contribution is 2.10. The third-order valence-corrected chi connectivity index (χ3v) is 4.00. The molecule has 0 saturated heterocycles. The molecule has 0 saturated carbocycles. The summed E-state index contributed by atoms with van der Waals surface area (Å²) in [6, 6.07) is 0. The predicted molar refractivity (Wildman–Crippen MR) is 96.0 cm³/mol. The summed E-state index contributed by atoms with van der Waals surface area (Å²) in [6.07, 6.45) is 19.5. The van der Waals surface area contributed by atoms with Gasteiger partial charge in [-0.1, -0.05) is 64.4 Å². The van der Waals surface area contributed by atoms with Gasteiger partial charge in [0.2, 0.25) is 0 Å².